The molecule has 0 unspecified atom stereocenters. The molecule has 1 heterocycles. The second-order valence-corrected chi connectivity index (χ2v) is 15.3. The third-order valence-corrected chi connectivity index (χ3v) is 10.3. The summed E-state index contributed by atoms with van der Waals surface area (Å²) in [5.41, 5.74) is 2.78. The molecule has 0 aliphatic heterocycles. The lowest BCUT2D eigenvalue weighted by atomic mass is 10.00. The number of thioether (sulfide) groups is 1. The molecule has 0 bridgehead atoms. The Kier molecular flexibility index (Phi) is 16.3. The van der Waals surface area contributed by atoms with Crippen LogP contribution >= 0.6 is 23.1 Å². The normalized spacial score (nSPS) is 11.7. The summed E-state index contributed by atoms with van der Waals surface area (Å²) in [5, 5.41) is 19.7. The molecule has 3 aromatic rings. The third kappa shape index (κ3) is 14.6. The van der Waals surface area contributed by atoms with E-state index in [1.807, 2.05) is 18.2 Å². The molecule has 1 atom stereocenters. The maximum absolute atomic E-state index is 13.0. The van der Waals surface area contributed by atoms with Gasteiger partial charge >= 0.3 is 12.1 Å². The fourth-order valence-corrected chi connectivity index (χ4v) is 7.54. The van der Waals surface area contributed by atoms with E-state index in [1.54, 1.807) is 53.4 Å². The van der Waals surface area contributed by atoms with Crippen molar-refractivity contribution in [2.75, 3.05) is 22.9 Å². The molecule has 3 rings (SSSR count). The first-order valence-corrected chi connectivity index (χ1v) is 18.6. The molecule has 4 amide bonds. The second kappa shape index (κ2) is 20.3. The minimum Gasteiger partial charge on any atom is -0.481 e. The van der Waals surface area contributed by atoms with Crippen LogP contribution in [0.15, 0.2) is 60.7 Å². The van der Waals surface area contributed by atoms with E-state index in [9.17, 15) is 29.1 Å². The number of nitrogens with one attached hydrogen (secondary N) is 4. The minimum atomic E-state index is -1.14. The average molecular weight is 725 g/mol. The van der Waals surface area contributed by atoms with Crippen molar-refractivity contribution in [2.45, 2.75) is 90.0 Å². The van der Waals surface area contributed by atoms with Gasteiger partial charge in [-0.05, 0) is 73.7 Å². The monoisotopic (exact) mass is 724 g/mol. The van der Waals surface area contributed by atoms with Crippen molar-refractivity contribution in [1.29, 1.82) is 0 Å². The van der Waals surface area contributed by atoms with Gasteiger partial charge in [-0.15, -0.1) is 23.1 Å². The van der Waals surface area contributed by atoms with Gasteiger partial charge in [0.15, 0.2) is 0 Å². The molecule has 0 radical (unpaired) electrons. The van der Waals surface area contributed by atoms with Gasteiger partial charge in [-0.3, -0.25) is 24.5 Å². The van der Waals surface area contributed by atoms with E-state index >= 15 is 0 Å². The van der Waals surface area contributed by atoms with E-state index in [1.165, 1.54) is 9.75 Å². The fraction of sp³-hybridized carbons (Fsp3) is 0.432. The molecule has 0 fully saturated rings. The van der Waals surface area contributed by atoms with E-state index in [2.05, 4.69) is 61.1 Å². The van der Waals surface area contributed by atoms with Gasteiger partial charge in [0.05, 0.1) is 12.3 Å². The number of rotatable bonds is 20. The summed E-state index contributed by atoms with van der Waals surface area (Å²) in [6.45, 7) is 8.09. The van der Waals surface area contributed by atoms with Crippen LogP contribution < -0.4 is 21.3 Å². The number of aryl methyl sites for hydroxylation is 1. The first-order chi connectivity index (χ1) is 23.9. The highest BCUT2D eigenvalue weighted by molar-refractivity contribution is 8.01. The van der Waals surface area contributed by atoms with E-state index in [4.69, 9.17) is 4.74 Å². The number of benzene rings is 2. The number of hydrogen-bond acceptors (Lipinski definition) is 8. The van der Waals surface area contributed by atoms with Crippen LogP contribution in [0.25, 0.3) is 0 Å². The lowest BCUT2D eigenvalue weighted by Gasteiger charge is -2.28. The molecule has 13 heteroatoms. The Hall–Kier alpha value is -4.36. The van der Waals surface area contributed by atoms with Gasteiger partial charge in [-0.25, -0.2) is 4.79 Å². The van der Waals surface area contributed by atoms with Crippen LogP contribution in [0.5, 0.6) is 0 Å². The topological polar surface area (TPSA) is 163 Å². The summed E-state index contributed by atoms with van der Waals surface area (Å²) < 4.78 is 5.36. The Labute approximate surface area is 302 Å². The molecule has 0 aliphatic rings. The number of thiophene rings is 1. The van der Waals surface area contributed by atoms with Gasteiger partial charge in [-0.2, -0.15) is 0 Å². The zero-order chi connectivity index (χ0) is 36.5. The first-order valence-electron chi connectivity index (χ1n) is 16.8. The highest BCUT2D eigenvalue weighted by Crippen LogP contribution is 2.34. The number of amides is 4. The Morgan fingerprint density at radius 3 is 2.26 bits per heavy atom. The number of carboxylic acid groups (broad SMARTS) is 1. The highest BCUT2D eigenvalue weighted by Gasteiger charge is 2.25. The number of carbonyl (C=O) groups is 5. The maximum atomic E-state index is 13.0. The van der Waals surface area contributed by atoms with Gasteiger partial charge in [0.2, 0.25) is 17.7 Å². The van der Waals surface area contributed by atoms with Crippen molar-refractivity contribution >= 4 is 64.3 Å². The van der Waals surface area contributed by atoms with E-state index < -0.39 is 29.9 Å². The molecule has 11 nitrogen and oxygen atoms in total. The standard InChI is InChI=1S/C37H48N4O7S2/c1-5-18-37(4,19-6-2)49-24-33(43)38-22-32(42)41-31(16-17-34(44)45)35(46)39-28-13-11-26(12-14-28)23-48-36(47)40-29-9-7-8-27(20-29)21-30-15-10-25(3)50-30/h7-15,20,31H,5-6,16-19,21-24H2,1-4H3,(H,38,43)(H,39,46)(H,40,47)(H,41,42)(H,44,45)/t31-/m0/s1. The number of ether oxygens (including phenoxy) is 1. The van der Waals surface area contributed by atoms with Gasteiger partial charge in [0.1, 0.15) is 12.6 Å². The van der Waals surface area contributed by atoms with E-state index in [0.717, 1.165) is 37.7 Å². The largest absolute Gasteiger partial charge is 0.481 e. The number of anilines is 2. The molecule has 0 aliphatic carbocycles. The first kappa shape index (κ1) is 40.1. The molecular formula is C37H48N4O7S2. The lowest BCUT2D eigenvalue weighted by Crippen LogP contribution is -2.48. The predicted molar refractivity (Wildman–Crippen MR) is 200 cm³/mol. The van der Waals surface area contributed by atoms with E-state index in [0.29, 0.717) is 16.9 Å². The Balaban J connectivity index is 1.47. The van der Waals surface area contributed by atoms with Crippen LogP contribution in [0.2, 0.25) is 0 Å². The van der Waals surface area contributed by atoms with Crippen molar-refractivity contribution in [3.63, 3.8) is 0 Å². The van der Waals surface area contributed by atoms with Gasteiger partial charge in [-0.1, -0.05) is 57.9 Å². The van der Waals surface area contributed by atoms with Crippen molar-refractivity contribution in [2.24, 2.45) is 0 Å². The summed E-state index contributed by atoms with van der Waals surface area (Å²) in [5.74, 6) is -2.39. The fourth-order valence-electron chi connectivity index (χ4n) is 5.34. The Bertz CT molecular complexity index is 1590. The quantitative estimate of drug-likeness (QED) is 0.0841. The summed E-state index contributed by atoms with van der Waals surface area (Å²) in [7, 11) is 0. The number of hydrogen-bond donors (Lipinski definition) is 5. The minimum absolute atomic E-state index is 0.00775. The molecule has 50 heavy (non-hydrogen) atoms. The second-order valence-electron chi connectivity index (χ2n) is 12.3. The van der Waals surface area contributed by atoms with Crippen molar-refractivity contribution in [1.82, 2.24) is 10.6 Å². The van der Waals surface area contributed by atoms with Crippen LogP contribution in [0.3, 0.4) is 0 Å². The predicted octanol–water partition coefficient (Wildman–Crippen LogP) is 6.89. The summed E-state index contributed by atoms with van der Waals surface area (Å²) >= 11 is 3.31. The van der Waals surface area contributed by atoms with Gasteiger partial charge in [0, 0.05) is 38.7 Å². The molecule has 5 N–H and O–H groups in total. The average Bonchev–Trinajstić information content (AvgIpc) is 3.48. The molecule has 0 spiro atoms. The SMILES string of the molecule is CCCC(C)(CCC)SCC(=O)NCC(=O)N[C@@H](CCC(=O)O)C(=O)Nc1ccc(COC(=O)Nc2cccc(Cc3ccc(C)s3)c2)cc1. The molecule has 0 saturated heterocycles. The van der Waals surface area contributed by atoms with Crippen LogP contribution in [0, 0.1) is 6.92 Å². The van der Waals surface area contributed by atoms with Gasteiger partial charge < -0.3 is 25.8 Å². The lowest BCUT2D eigenvalue weighted by molar-refractivity contribution is -0.137. The molecular weight excluding hydrogens is 677 g/mol. The van der Waals surface area contributed by atoms with Crippen molar-refractivity contribution in [3.05, 3.63) is 81.5 Å². The van der Waals surface area contributed by atoms with Crippen molar-refractivity contribution in [3.8, 4) is 0 Å². The van der Waals surface area contributed by atoms with Crippen LogP contribution in [-0.4, -0.2) is 58.0 Å². The van der Waals surface area contributed by atoms with Crippen LogP contribution in [0.4, 0.5) is 16.2 Å². The summed E-state index contributed by atoms with van der Waals surface area (Å²) in [4.78, 5) is 64.3. The van der Waals surface area contributed by atoms with E-state index in [-0.39, 0.29) is 42.4 Å². The Morgan fingerprint density at radius 2 is 1.62 bits per heavy atom. The zero-order valence-electron chi connectivity index (χ0n) is 29.1. The van der Waals surface area contributed by atoms with Crippen molar-refractivity contribution < 1.29 is 33.8 Å². The van der Waals surface area contributed by atoms with Gasteiger partial charge in [0.25, 0.3) is 0 Å². The number of carbonyl (C=O) groups excluding carboxylic acids is 4. The van der Waals surface area contributed by atoms with Crippen LogP contribution in [-0.2, 0) is 36.9 Å². The summed E-state index contributed by atoms with van der Waals surface area (Å²) in [6, 6.07) is 17.2. The number of carboxylic acids is 1. The van der Waals surface area contributed by atoms with Crippen LogP contribution in [0.1, 0.15) is 80.2 Å². The highest BCUT2D eigenvalue weighted by atomic mass is 32.2. The smallest absolute Gasteiger partial charge is 0.411 e. The zero-order valence-corrected chi connectivity index (χ0v) is 30.8. The molecule has 1 aromatic heterocycles. The third-order valence-electron chi connectivity index (χ3n) is 7.79. The number of aliphatic carboxylic acids is 1. The molecule has 0 saturated carbocycles. The molecule has 2 aromatic carbocycles. The summed E-state index contributed by atoms with van der Waals surface area (Å²) in [6.07, 6.45) is 3.68. The Morgan fingerprint density at radius 1 is 0.900 bits per heavy atom. The molecule has 270 valence electrons. The maximum Gasteiger partial charge on any atom is 0.411 e.